The van der Waals surface area contributed by atoms with Crippen molar-refractivity contribution in [3.63, 3.8) is 0 Å². The Hall–Kier alpha value is -4.55. The molecule has 3 aromatic rings. The number of halogens is 7. The van der Waals surface area contributed by atoms with Gasteiger partial charge in [0.1, 0.15) is 17.7 Å². The van der Waals surface area contributed by atoms with E-state index in [0.717, 1.165) is 23.6 Å². The zero-order valence-corrected chi connectivity index (χ0v) is 26.4. The minimum Gasteiger partial charge on any atom is -0.497 e. The van der Waals surface area contributed by atoms with E-state index >= 15 is 4.39 Å². The minimum atomic E-state index is -5.06. The van der Waals surface area contributed by atoms with Crippen molar-refractivity contribution in [2.24, 2.45) is 5.41 Å². The Morgan fingerprint density at radius 3 is 2.17 bits per heavy atom. The molecule has 1 N–H and O–H groups in total. The molecule has 0 saturated carbocycles. The van der Waals surface area contributed by atoms with Gasteiger partial charge in [-0.25, -0.2) is 14.0 Å². The summed E-state index contributed by atoms with van der Waals surface area (Å²) in [6.45, 7) is 5.56. The van der Waals surface area contributed by atoms with Crippen molar-refractivity contribution < 1.29 is 54.9 Å². The predicted molar refractivity (Wildman–Crippen MR) is 162 cm³/mol. The van der Waals surface area contributed by atoms with Gasteiger partial charge in [-0.1, -0.05) is 19.9 Å². The van der Waals surface area contributed by atoms with Gasteiger partial charge in [0.25, 0.3) is 0 Å². The molecule has 2 atom stereocenters. The number of methoxy groups -OCH3 is 1. The molecule has 1 unspecified atom stereocenters. The molecule has 2 aliphatic rings. The number of amides is 1. The van der Waals surface area contributed by atoms with Crippen LogP contribution in [0.2, 0.25) is 0 Å². The summed E-state index contributed by atoms with van der Waals surface area (Å²) in [5, 5.41) is 9.24. The van der Waals surface area contributed by atoms with E-state index in [0.29, 0.717) is 41.9 Å². The van der Waals surface area contributed by atoms with Crippen LogP contribution in [0.25, 0.3) is 16.7 Å². The predicted octanol–water partition coefficient (Wildman–Crippen LogP) is 9.78. The highest BCUT2D eigenvalue weighted by molar-refractivity contribution is 5.88. The lowest BCUT2D eigenvalue weighted by Gasteiger charge is -2.35. The molecule has 256 valence electrons. The summed E-state index contributed by atoms with van der Waals surface area (Å²) in [7, 11) is 1.44. The third-order valence-electron chi connectivity index (χ3n) is 8.88. The van der Waals surface area contributed by atoms with E-state index in [-0.39, 0.29) is 29.2 Å². The van der Waals surface area contributed by atoms with Crippen molar-refractivity contribution in [2.45, 2.75) is 64.5 Å². The van der Waals surface area contributed by atoms with Crippen LogP contribution in [0.1, 0.15) is 78.7 Å². The Labute approximate surface area is 271 Å². The summed E-state index contributed by atoms with van der Waals surface area (Å²) in [4.78, 5) is 25.8. The maximum Gasteiger partial charge on any atom is 0.416 e. The smallest absolute Gasteiger partial charge is 0.416 e. The summed E-state index contributed by atoms with van der Waals surface area (Å²) >= 11 is 0. The van der Waals surface area contributed by atoms with Gasteiger partial charge >= 0.3 is 24.4 Å². The molecule has 5 rings (SSSR count). The molecule has 0 spiro atoms. The van der Waals surface area contributed by atoms with Crippen molar-refractivity contribution in [3.05, 3.63) is 93.8 Å². The number of ether oxygens (including phenoxy) is 2. The van der Waals surface area contributed by atoms with Gasteiger partial charge in [0.2, 0.25) is 0 Å². The van der Waals surface area contributed by atoms with Gasteiger partial charge in [0.15, 0.2) is 0 Å². The second-order valence-corrected chi connectivity index (χ2v) is 12.9. The lowest BCUT2D eigenvalue weighted by atomic mass is 9.72. The molecular formula is C35H32F7NO5. The van der Waals surface area contributed by atoms with E-state index in [2.05, 4.69) is 0 Å². The van der Waals surface area contributed by atoms with Gasteiger partial charge < -0.3 is 14.6 Å². The minimum absolute atomic E-state index is 0.0193. The number of carbonyl (C=O) groups excluding carboxylic acids is 1. The molecular weight excluding hydrogens is 647 g/mol. The van der Waals surface area contributed by atoms with Gasteiger partial charge in [0.05, 0.1) is 29.8 Å². The van der Waals surface area contributed by atoms with Crippen LogP contribution in [-0.2, 0) is 17.1 Å². The van der Waals surface area contributed by atoms with Gasteiger partial charge in [0, 0.05) is 12.1 Å². The summed E-state index contributed by atoms with van der Waals surface area (Å²) in [6, 6.07) is 8.88. The molecule has 0 radical (unpaired) electrons. The number of hydrogen-bond acceptors (Lipinski definition) is 4. The van der Waals surface area contributed by atoms with E-state index in [1.54, 1.807) is 18.2 Å². The number of benzene rings is 3. The standard InChI is InChI=1S/C35H32F7NO5/c1-18-30(22-10-24(34(37,38)39)15-25(11-22)35(40,41)42)48-32(46)43(18)17-23-16-33(2,3)8-7-27(23)20-9-21(13-26(12-20)47-4)28-6-5-19(31(44)45)14-29(28)36/h5-6,9-15,18,30H,7-8,16-17H2,1-4H3,(H,44,45)/t18-,30?/m0/s1. The lowest BCUT2D eigenvalue weighted by Crippen LogP contribution is -2.35. The van der Waals surface area contributed by atoms with Crippen LogP contribution in [-0.4, -0.2) is 41.8 Å². The van der Waals surface area contributed by atoms with Crippen molar-refractivity contribution in [1.82, 2.24) is 4.90 Å². The number of carboxylic acids is 1. The second-order valence-electron chi connectivity index (χ2n) is 12.9. The van der Waals surface area contributed by atoms with E-state index in [9.17, 15) is 41.0 Å². The zero-order valence-electron chi connectivity index (χ0n) is 26.4. The second kappa shape index (κ2) is 12.5. The first-order valence-corrected chi connectivity index (χ1v) is 15.0. The lowest BCUT2D eigenvalue weighted by molar-refractivity contribution is -0.143. The highest BCUT2D eigenvalue weighted by Gasteiger charge is 2.44. The fraction of sp³-hybridized carbons (Fsp3) is 0.371. The first-order chi connectivity index (χ1) is 22.3. The van der Waals surface area contributed by atoms with E-state index in [1.807, 2.05) is 13.8 Å². The number of hydrogen-bond donors (Lipinski definition) is 1. The largest absolute Gasteiger partial charge is 0.497 e. The molecule has 6 nitrogen and oxygen atoms in total. The number of rotatable bonds is 7. The van der Waals surface area contributed by atoms with Crippen molar-refractivity contribution in [1.29, 1.82) is 0 Å². The van der Waals surface area contributed by atoms with Crippen LogP contribution in [0.3, 0.4) is 0 Å². The van der Waals surface area contributed by atoms with Crippen LogP contribution in [0.15, 0.2) is 60.2 Å². The molecule has 3 aromatic carbocycles. The molecule has 1 amide bonds. The van der Waals surface area contributed by atoms with E-state index in [1.165, 1.54) is 31.1 Å². The summed E-state index contributed by atoms with van der Waals surface area (Å²) in [5.41, 5.74) is -1.06. The highest BCUT2D eigenvalue weighted by Crippen LogP contribution is 2.46. The molecule has 1 aliphatic carbocycles. The van der Waals surface area contributed by atoms with Crippen molar-refractivity contribution >= 4 is 17.6 Å². The Bertz CT molecular complexity index is 1760. The molecule has 0 bridgehead atoms. The Balaban J connectivity index is 1.54. The summed E-state index contributed by atoms with van der Waals surface area (Å²) in [5.74, 6) is -1.65. The monoisotopic (exact) mass is 679 g/mol. The van der Waals surface area contributed by atoms with Crippen LogP contribution in [0, 0.1) is 11.2 Å². The topological polar surface area (TPSA) is 76.1 Å². The number of aromatic carboxylic acids is 1. The van der Waals surface area contributed by atoms with Crippen LogP contribution >= 0.6 is 0 Å². The molecule has 1 saturated heterocycles. The first kappa shape index (κ1) is 34.8. The van der Waals surface area contributed by atoms with Gasteiger partial charge in [-0.3, -0.25) is 4.90 Å². The maximum absolute atomic E-state index is 15.1. The van der Waals surface area contributed by atoms with Crippen LogP contribution in [0.5, 0.6) is 5.75 Å². The Morgan fingerprint density at radius 2 is 1.60 bits per heavy atom. The quantitative estimate of drug-likeness (QED) is 0.252. The number of alkyl halides is 6. The summed E-state index contributed by atoms with van der Waals surface area (Å²) < 4.78 is 107. The average Bonchev–Trinajstić information content (AvgIpc) is 3.27. The van der Waals surface area contributed by atoms with Gasteiger partial charge in [-0.15, -0.1) is 0 Å². The SMILES string of the molecule is COc1cc(C2=C(CN3C(=O)OC(c4cc(C(F)(F)F)cc(C(F)(F)F)c4)[C@@H]3C)CC(C)(C)CC2)cc(-c2ccc(C(=O)O)cc2F)c1. The third-order valence-corrected chi connectivity index (χ3v) is 8.88. The number of nitrogens with zero attached hydrogens (tertiary/aromatic N) is 1. The van der Waals surface area contributed by atoms with Crippen LogP contribution in [0.4, 0.5) is 35.5 Å². The van der Waals surface area contributed by atoms with E-state index < -0.39 is 59.1 Å². The molecule has 48 heavy (non-hydrogen) atoms. The number of carbonyl (C=O) groups is 2. The van der Waals surface area contributed by atoms with Crippen molar-refractivity contribution in [3.8, 4) is 16.9 Å². The van der Waals surface area contributed by atoms with Crippen molar-refractivity contribution in [2.75, 3.05) is 13.7 Å². The molecule has 1 aliphatic heterocycles. The fourth-order valence-corrected chi connectivity index (χ4v) is 6.35. The average molecular weight is 680 g/mol. The highest BCUT2D eigenvalue weighted by atomic mass is 19.4. The fourth-order valence-electron chi connectivity index (χ4n) is 6.35. The van der Waals surface area contributed by atoms with Gasteiger partial charge in [-0.05, 0) is 108 Å². The Morgan fingerprint density at radius 1 is 0.979 bits per heavy atom. The summed E-state index contributed by atoms with van der Waals surface area (Å²) in [6.07, 6.45) is -10.6. The number of cyclic esters (lactones) is 1. The Kier molecular flexibility index (Phi) is 9.04. The third kappa shape index (κ3) is 7.14. The molecule has 13 heteroatoms. The van der Waals surface area contributed by atoms with Gasteiger partial charge in [-0.2, -0.15) is 26.3 Å². The normalized spacial score (nSPS) is 19.8. The molecule has 0 aromatic heterocycles. The first-order valence-electron chi connectivity index (χ1n) is 15.0. The van der Waals surface area contributed by atoms with Crippen LogP contribution < -0.4 is 4.74 Å². The molecule has 1 fully saturated rings. The number of carboxylic acid groups (broad SMARTS) is 1. The number of allylic oxidation sites excluding steroid dienone is 1. The zero-order chi connectivity index (χ0) is 35.3. The van der Waals surface area contributed by atoms with E-state index in [4.69, 9.17) is 9.47 Å². The maximum atomic E-state index is 15.1. The molecule has 1 heterocycles.